The van der Waals surface area contributed by atoms with Crippen molar-refractivity contribution in [2.45, 2.75) is 0 Å². The van der Waals surface area contributed by atoms with E-state index >= 15 is 0 Å². The molecule has 0 unspecified atom stereocenters. The summed E-state index contributed by atoms with van der Waals surface area (Å²) >= 11 is 20.8. The lowest BCUT2D eigenvalue weighted by Crippen LogP contribution is -2.19. The number of amides is 1. The highest BCUT2D eigenvalue weighted by molar-refractivity contribution is 9.10. The summed E-state index contributed by atoms with van der Waals surface area (Å²) in [5, 5.41) is 16.2. The van der Waals surface area contributed by atoms with E-state index < -0.39 is 11.7 Å². The molecule has 0 bridgehead atoms. The van der Waals surface area contributed by atoms with Gasteiger partial charge in [-0.25, -0.2) is 14.1 Å². The Hall–Kier alpha value is -2.18. The molecule has 0 fully saturated rings. The number of rotatable bonds is 3. The molecule has 0 atom stereocenters. The minimum absolute atomic E-state index is 0.0505. The summed E-state index contributed by atoms with van der Waals surface area (Å²) in [6, 6.07) is 7.05. The number of nitrogens with zero attached hydrogens (tertiary/aromatic N) is 4. The zero-order valence-corrected chi connectivity index (χ0v) is 16.8. The van der Waals surface area contributed by atoms with Crippen LogP contribution in [0, 0.1) is 17.1 Å². The van der Waals surface area contributed by atoms with Crippen molar-refractivity contribution in [3.8, 4) is 11.9 Å². The molecule has 1 N–H and O–H groups in total. The van der Waals surface area contributed by atoms with Gasteiger partial charge < -0.3 is 5.32 Å². The van der Waals surface area contributed by atoms with Crippen molar-refractivity contribution in [3.05, 3.63) is 67.2 Å². The maximum absolute atomic E-state index is 14.2. The SMILES string of the molecule is N#Cc1cc(Cl)cc(Cl)c1NC(=O)c1cc(Br)nn1-c1ncc(Cl)cc1F. The van der Waals surface area contributed by atoms with Gasteiger partial charge in [-0.2, -0.15) is 10.4 Å². The van der Waals surface area contributed by atoms with Gasteiger partial charge >= 0.3 is 0 Å². The standard InChI is InChI=1S/C16H6BrCl3FN5O/c17-13-4-12(26(25-13)15-11(21)3-9(19)6-23-15)16(27)24-14-7(5-22)1-8(18)2-10(14)20/h1-4,6H,(H,24,27). The summed E-state index contributed by atoms with van der Waals surface area (Å²) in [7, 11) is 0. The largest absolute Gasteiger partial charge is 0.318 e. The summed E-state index contributed by atoms with van der Waals surface area (Å²) in [6.07, 6.45) is 1.22. The Morgan fingerprint density at radius 3 is 2.63 bits per heavy atom. The number of halogens is 5. The molecule has 0 spiro atoms. The minimum atomic E-state index is -0.769. The average Bonchev–Trinajstić information content (AvgIpc) is 2.98. The Morgan fingerprint density at radius 1 is 1.22 bits per heavy atom. The maximum atomic E-state index is 14.2. The minimum Gasteiger partial charge on any atom is -0.318 e. The van der Waals surface area contributed by atoms with Crippen molar-refractivity contribution in [3.63, 3.8) is 0 Å². The van der Waals surface area contributed by atoms with E-state index in [9.17, 15) is 14.4 Å². The highest BCUT2D eigenvalue weighted by atomic mass is 79.9. The summed E-state index contributed by atoms with van der Waals surface area (Å²) in [6.45, 7) is 0. The van der Waals surface area contributed by atoms with Crippen LogP contribution in [0.4, 0.5) is 10.1 Å². The Bertz CT molecular complexity index is 1110. The van der Waals surface area contributed by atoms with Crippen molar-refractivity contribution in [2.75, 3.05) is 5.32 Å². The molecule has 0 aliphatic heterocycles. The van der Waals surface area contributed by atoms with E-state index in [0.717, 1.165) is 10.7 Å². The van der Waals surface area contributed by atoms with E-state index in [4.69, 9.17) is 34.8 Å². The number of anilines is 1. The predicted octanol–water partition coefficient (Wildman–Crippen LogP) is 5.25. The van der Waals surface area contributed by atoms with E-state index in [1.807, 2.05) is 6.07 Å². The number of nitrogens with one attached hydrogen (secondary N) is 1. The third-order valence-electron chi connectivity index (χ3n) is 3.32. The fraction of sp³-hybridized carbons (Fsp3) is 0. The molecular formula is C16H6BrCl3FN5O. The van der Waals surface area contributed by atoms with Crippen molar-refractivity contribution >= 4 is 62.3 Å². The lowest BCUT2D eigenvalue weighted by Gasteiger charge is -2.11. The molecule has 0 aliphatic carbocycles. The Balaban J connectivity index is 2.04. The third-order valence-corrected chi connectivity index (χ3v) is 4.43. The Morgan fingerprint density at radius 2 is 1.96 bits per heavy atom. The van der Waals surface area contributed by atoms with Crippen LogP contribution in [0.3, 0.4) is 0 Å². The number of carbonyl (C=O) groups is 1. The lowest BCUT2D eigenvalue weighted by molar-refractivity contribution is 0.101. The van der Waals surface area contributed by atoms with Crippen LogP contribution >= 0.6 is 50.7 Å². The fourth-order valence-corrected chi connectivity index (χ4v) is 3.27. The number of hydrogen-bond donors (Lipinski definition) is 1. The maximum Gasteiger partial charge on any atom is 0.274 e. The molecule has 2 heterocycles. The summed E-state index contributed by atoms with van der Waals surface area (Å²) in [4.78, 5) is 16.6. The molecule has 1 amide bonds. The number of aromatic nitrogens is 3. The van der Waals surface area contributed by atoms with Gasteiger partial charge in [0.1, 0.15) is 16.4 Å². The van der Waals surface area contributed by atoms with Gasteiger partial charge in [0.25, 0.3) is 5.91 Å². The highest BCUT2D eigenvalue weighted by Gasteiger charge is 2.21. The van der Waals surface area contributed by atoms with E-state index in [0.29, 0.717) is 0 Å². The molecule has 3 aromatic rings. The molecule has 27 heavy (non-hydrogen) atoms. The molecule has 6 nitrogen and oxygen atoms in total. The number of carbonyl (C=O) groups excluding carboxylic acids is 1. The predicted molar refractivity (Wildman–Crippen MR) is 103 cm³/mol. The fourth-order valence-electron chi connectivity index (χ4n) is 2.21. The Kier molecular flexibility index (Phi) is 5.67. The van der Waals surface area contributed by atoms with Crippen LogP contribution in [0.5, 0.6) is 0 Å². The molecule has 0 saturated heterocycles. The van der Waals surface area contributed by atoms with Gasteiger partial charge in [-0.3, -0.25) is 4.79 Å². The molecule has 3 rings (SSSR count). The number of hydrogen-bond acceptors (Lipinski definition) is 4. The van der Waals surface area contributed by atoms with Gasteiger partial charge in [0.2, 0.25) is 0 Å². The quantitative estimate of drug-likeness (QED) is 0.545. The number of nitriles is 1. The van der Waals surface area contributed by atoms with Gasteiger partial charge in [-0.1, -0.05) is 34.8 Å². The molecule has 11 heteroatoms. The van der Waals surface area contributed by atoms with Crippen LogP contribution in [-0.4, -0.2) is 20.7 Å². The summed E-state index contributed by atoms with van der Waals surface area (Å²) < 4.78 is 15.5. The first-order valence-electron chi connectivity index (χ1n) is 7.07. The topological polar surface area (TPSA) is 83.6 Å². The van der Waals surface area contributed by atoms with E-state index in [2.05, 4.69) is 31.3 Å². The van der Waals surface area contributed by atoms with Gasteiger partial charge in [0, 0.05) is 17.3 Å². The lowest BCUT2D eigenvalue weighted by atomic mass is 10.2. The van der Waals surface area contributed by atoms with E-state index in [1.165, 1.54) is 24.4 Å². The van der Waals surface area contributed by atoms with Crippen molar-refractivity contribution in [1.82, 2.24) is 14.8 Å². The van der Waals surface area contributed by atoms with Crippen molar-refractivity contribution in [1.29, 1.82) is 5.26 Å². The molecule has 0 aliphatic rings. The van der Waals surface area contributed by atoms with E-state index in [1.54, 1.807) is 0 Å². The first-order valence-corrected chi connectivity index (χ1v) is 9.00. The molecular weight excluding hydrogens is 483 g/mol. The first kappa shape index (κ1) is 19.6. The zero-order chi connectivity index (χ0) is 19.7. The summed E-state index contributed by atoms with van der Waals surface area (Å²) in [5.41, 5.74) is 0.0919. The van der Waals surface area contributed by atoms with Crippen LogP contribution in [0.25, 0.3) is 5.82 Å². The van der Waals surface area contributed by atoms with Crippen molar-refractivity contribution in [2.24, 2.45) is 0 Å². The summed E-state index contributed by atoms with van der Waals surface area (Å²) in [5.74, 6) is -1.68. The van der Waals surface area contributed by atoms with Crippen LogP contribution < -0.4 is 5.32 Å². The average molecular weight is 490 g/mol. The van der Waals surface area contributed by atoms with Crippen LogP contribution in [0.2, 0.25) is 15.1 Å². The molecule has 0 radical (unpaired) electrons. The smallest absolute Gasteiger partial charge is 0.274 e. The monoisotopic (exact) mass is 487 g/mol. The van der Waals surface area contributed by atoms with Gasteiger partial charge in [0.15, 0.2) is 11.6 Å². The zero-order valence-electron chi connectivity index (χ0n) is 13.0. The highest BCUT2D eigenvalue weighted by Crippen LogP contribution is 2.30. The second kappa shape index (κ2) is 7.82. The van der Waals surface area contributed by atoms with Crippen LogP contribution in [0.15, 0.2) is 35.1 Å². The van der Waals surface area contributed by atoms with E-state index in [-0.39, 0.29) is 42.4 Å². The molecule has 2 aromatic heterocycles. The molecule has 1 aromatic carbocycles. The number of benzene rings is 1. The Labute approximate surface area is 175 Å². The van der Waals surface area contributed by atoms with Gasteiger partial charge in [0.05, 0.1) is 21.3 Å². The first-order chi connectivity index (χ1) is 12.8. The van der Waals surface area contributed by atoms with Gasteiger partial charge in [-0.15, -0.1) is 0 Å². The second-order valence-electron chi connectivity index (χ2n) is 5.10. The third kappa shape index (κ3) is 4.06. The molecule has 0 saturated carbocycles. The van der Waals surface area contributed by atoms with Gasteiger partial charge in [-0.05, 0) is 34.1 Å². The van der Waals surface area contributed by atoms with Crippen LogP contribution in [-0.2, 0) is 0 Å². The van der Waals surface area contributed by atoms with Crippen molar-refractivity contribution < 1.29 is 9.18 Å². The molecule has 136 valence electrons. The normalized spacial score (nSPS) is 10.5. The second-order valence-corrected chi connectivity index (χ2v) is 7.19. The number of pyridine rings is 1. The van der Waals surface area contributed by atoms with Crippen LogP contribution in [0.1, 0.15) is 16.1 Å².